The zero-order valence-corrected chi connectivity index (χ0v) is 10.5. The lowest BCUT2D eigenvalue weighted by atomic mass is 10.1. The minimum atomic E-state index is -0.167. The van der Waals surface area contributed by atoms with E-state index in [1.165, 1.54) is 5.56 Å². The van der Waals surface area contributed by atoms with Crippen LogP contribution in [0.5, 0.6) is 5.75 Å². The molecule has 1 heterocycles. The lowest BCUT2D eigenvalue weighted by Crippen LogP contribution is -2.43. The van der Waals surface area contributed by atoms with Gasteiger partial charge in [0.15, 0.2) is 11.9 Å². The molecule has 0 bridgehead atoms. The van der Waals surface area contributed by atoms with Gasteiger partial charge in [0, 0.05) is 6.42 Å². The number of ether oxygens (including phenoxy) is 1. The van der Waals surface area contributed by atoms with E-state index < -0.39 is 0 Å². The summed E-state index contributed by atoms with van der Waals surface area (Å²) in [6.45, 7) is 6.10. The van der Waals surface area contributed by atoms with Crippen molar-refractivity contribution in [1.82, 2.24) is 5.43 Å². The highest BCUT2D eigenvalue weighted by atomic mass is 16.5. The largest absolute Gasteiger partial charge is 0.482 e. The van der Waals surface area contributed by atoms with Crippen molar-refractivity contribution in [3.63, 3.8) is 0 Å². The molecule has 1 aromatic carbocycles. The van der Waals surface area contributed by atoms with Crippen LogP contribution < -0.4 is 16.0 Å². The Kier molecular flexibility index (Phi) is 3.07. The Balaban J connectivity index is 2.19. The first-order valence-corrected chi connectivity index (χ1v) is 5.80. The number of benzene rings is 1. The lowest BCUT2D eigenvalue weighted by Gasteiger charge is -2.19. The maximum atomic E-state index is 5.83. The van der Waals surface area contributed by atoms with Crippen LogP contribution in [0.4, 0.5) is 0 Å². The van der Waals surface area contributed by atoms with E-state index in [2.05, 4.69) is 16.5 Å². The second-order valence-electron chi connectivity index (χ2n) is 5.23. The van der Waals surface area contributed by atoms with Crippen molar-refractivity contribution in [3.05, 3.63) is 29.8 Å². The van der Waals surface area contributed by atoms with Gasteiger partial charge in [-0.15, -0.1) is 0 Å². The number of nitrogens with zero attached hydrogens (tertiary/aromatic N) is 1. The number of para-hydroxylation sites is 1. The van der Waals surface area contributed by atoms with Gasteiger partial charge in [0.1, 0.15) is 5.75 Å². The van der Waals surface area contributed by atoms with Crippen LogP contribution in [0.1, 0.15) is 26.3 Å². The Morgan fingerprint density at radius 3 is 2.71 bits per heavy atom. The van der Waals surface area contributed by atoms with Gasteiger partial charge in [0.2, 0.25) is 0 Å². The molecule has 2 rings (SSSR count). The molecule has 1 atom stereocenters. The van der Waals surface area contributed by atoms with Crippen molar-refractivity contribution in [2.24, 2.45) is 10.8 Å². The van der Waals surface area contributed by atoms with E-state index in [-0.39, 0.29) is 11.6 Å². The van der Waals surface area contributed by atoms with Crippen molar-refractivity contribution in [1.29, 1.82) is 0 Å². The average molecular weight is 233 g/mol. The number of rotatable bonds is 1. The molecule has 0 saturated heterocycles. The van der Waals surface area contributed by atoms with Crippen LogP contribution in [0.15, 0.2) is 29.3 Å². The molecule has 0 aliphatic carbocycles. The topological polar surface area (TPSA) is 59.6 Å². The summed E-state index contributed by atoms with van der Waals surface area (Å²) in [6, 6.07) is 8.03. The third-order valence-electron chi connectivity index (χ3n) is 2.56. The summed E-state index contributed by atoms with van der Waals surface area (Å²) >= 11 is 0. The molecule has 0 spiro atoms. The zero-order chi connectivity index (χ0) is 12.5. The number of amidine groups is 1. The number of hydrogen-bond donors (Lipinski definition) is 2. The van der Waals surface area contributed by atoms with E-state index in [0.717, 1.165) is 12.2 Å². The SMILES string of the molecule is CC(C)(C)N=C(NN)C1Cc2ccccc2O1. The molecule has 0 saturated carbocycles. The van der Waals surface area contributed by atoms with Crippen LogP contribution in [-0.4, -0.2) is 17.5 Å². The fourth-order valence-electron chi connectivity index (χ4n) is 1.89. The zero-order valence-electron chi connectivity index (χ0n) is 10.5. The number of nitrogens with one attached hydrogen (secondary N) is 1. The van der Waals surface area contributed by atoms with E-state index in [9.17, 15) is 0 Å². The quantitative estimate of drug-likeness (QED) is 0.335. The molecule has 4 heteroatoms. The number of aliphatic imine (C=N–C) groups is 1. The predicted octanol–water partition coefficient (Wildman–Crippen LogP) is 1.65. The maximum Gasteiger partial charge on any atom is 0.161 e. The first kappa shape index (κ1) is 11.9. The molecule has 1 unspecified atom stereocenters. The van der Waals surface area contributed by atoms with Gasteiger partial charge in [-0.1, -0.05) is 18.2 Å². The smallest absolute Gasteiger partial charge is 0.161 e. The summed E-state index contributed by atoms with van der Waals surface area (Å²) in [4.78, 5) is 4.55. The minimum Gasteiger partial charge on any atom is -0.482 e. The lowest BCUT2D eigenvalue weighted by molar-refractivity contribution is 0.294. The van der Waals surface area contributed by atoms with Crippen LogP contribution in [0, 0.1) is 0 Å². The maximum absolute atomic E-state index is 5.83. The first-order chi connectivity index (χ1) is 7.99. The van der Waals surface area contributed by atoms with Crippen molar-refractivity contribution >= 4 is 5.84 Å². The van der Waals surface area contributed by atoms with Crippen LogP contribution in [-0.2, 0) is 6.42 Å². The van der Waals surface area contributed by atoms with Gasteiger partial charge in [-0.2, -0.15) is 0 Å². The van der Waals surface area contributed by atoms with E-state index in [0.29, 0.717) is 5.84 Å². The summed E-state index contributed by atoms with van der Waals surface area (Å²) < 4.78 is 5.83. The molecule has 1 aromatic rings. The molecule has 0 aromatic heterocycles. The Bertz CT molecular complexity index is 410. The molecule has 1 aliphatic heterocycles. The van der Waals surface area contributed by atoms with Gasteiger partial charge in [-0.3, -0.25) is 4.99 Å². The molecular formula is C13H19N3O. The molecule has 0 amide bonds. The number of fused-ring (bicyclic) bond motifs is 1. The van der Waals surface area contributed by atoms with Crippen LogP contribution in [0.3, 0.4) is 0 Å². The highest BCUT2D eigenvalue weighted by Crippen LogP contribution is 2.28. The standard InChI is InChI=1S/C13H19N3O/c1-13(2,3)15-12(16-14)11-8-9-6-4-5-7-10(9)17-11/h4-7,11H,8,14H2,1-3H3,(H,15,16). The summed E-state index contributed by atoms with van der Waals surface area (Å²) in [5.74, 6) is 7.16. The molecule has 92 valence electrons. The van der Waals surface area contributed by atoms with Crippen LogP contribution in [0.25, 0.3) is 0 Å². The van der Waals surface area contributed by atoms with Gasteiger partial charge in [0.25, 0.3) is 0 Å². The van der Waals surface area contributed by atoms with Gasteiger partial charge in [0.05, 0.1) is 5.54 Å². The summed E-state index contributed by atoms with van der Waals surface area (Å²) in [6.07, 6.45) is 0.714. The average Bonchev–Trinajstić information content (AvgIpc) is 2.67. The fourth-order valence-corrected chi connectivity index (χ4v) is 1.89. The Labute approximate surface area is 102 Å². The second-order valence-corrected chi connectivity index (χ2v) is 5.23. The first-order valence-electron chi connectivity index (χ1n) is 5.80. The van der Waals surface area contributed by atoms with E-state index >= 15 is 0 Å². The van der Waals surface area contributed by atoms with Crippen LogP contribution >= 0.6 is 0 Å². The normalized spacial score (nSPS) is 19.8. The predicted molar refractivity (Wildman–Crippen MR) is 69.1 cm³/mol. The van der Waals surface area contributed by atoms with Crippen molar-refractivity contribution in [2.75, 3.05) is 0 Å². The highest BCUT2D eigenvalue weighted by Gasteiger charge is 2.27. The van der Waals surface area contributed by atoms with Gasteiger partial charge in [-0.05, 0) is 32.4 Å². The monoisotopic (exact) mass is 233 g/mol. The molecule has 3 N–H and O–H groups in total. The van der Waals surface area contributed by atoms with E-state index in [1.54, 1.807) is 0 Å². The highest BCUT2D eigenvalue weighted by molar-refractivity contribution is 5.87. The van der Waals surface area contributed by atoms with Gasteiger partial charge in [-0.25, -0.2) is 5.84 Å². The molecule has 1 aliphatic rings. The van der Waals surface area contributed by atoms with Crippen molar-refractivity contribution < 1.29 is 4.74 Å². The van der Waals surface area contributed by atoms with Gasteiger partial charge < -0.3 is 10.2 Å². The van der Waals surface area contributed by atoms with Crippen molar-refractivity contribution in [2.45, 2.75) is 38.8 Å². The Morgan fingerprint density at radius 1 is 1.41 bits per heavy atom. The summed E-state index contributed by atoms with van der Waals surface area (Å²) in [7, 11) is 0. The summed E-state index contributed by atoms with van der Waals surface area (Å²) in [5, 5.41) is 0. The molecule has 0 radical (unpaired) electrons. The van der Waals surface area contributed by atoms with Gasteiger partial charge >= 0.3 is 0 Å². The molecule has 17 heavy (non-hydrogen) atoms. The Morgan fingerprint density at radius 2 is 2.12 bits per heavy atom. The number of hydrazine groups is 1. The number of hydrogen-bond acceptors (Lipinski definition) is 3. The fraction of sp³-hybridized carbons (Fsp3) is 0.462. The van der Waals surface area contributed by atoms with E-state index in [4.69, 9.17) is 10.6 Å². The molecular weight excluding hydrogens is 214 g/mol. The third kappa shape index (κ3) is 2.77. The molecule has 0 fully saturated rings. The molecule has 4 nitrogen and oxygen atoms in total. The minimum absolute atomic E-state index is 0.100. The summed E-state index contributed by atoms with van der Waals surface area (Å²) in [5.41, 5.74) is 3.70. The Hall–Kier alpha value is -1.55. The third-order valence-corrected chi connectivity index (χ3v) is 2.56. The van der Waals surface area contributed by atoms with Crippen molar-refractivity contribution in [3.8, 4) is 5.75 Å². The second kappa shape index (κ2) is 4.37. The van der Waals surface area contributed by atoms with Crippen LogP contribution in [0.2, 0.25) is 0 Å². The number of nitrogens with two attached hydrogens (primary N) is 1. The van der Waals surface area contributed by atoms with E-state index in [1.807, 2.05) is 39.0 Å².